The second-order valence-electron chi connectivity index (χ2n) is 4.58. The highest BCUT2D eigenvalue weighted by atomic mass is 19.1. The van der Waals surface area contributed by atoms with E-state index in [1.807, 2.05) is 6.92 Å². The monoisotopic (exact) mass is 284 g/mol. The molecule has 4 nitrogen and oxygen atoms in total. The first-order valence-electron chi connectivity index (χ1n) is 6.43. The molecule has 0 radical (unpaired) electrons. The van der Waals surface area contributed by atoms with Crippen molar-refractivity contribution in [2.75, 3.05) is 19.6 Å². The minimum Gasteiger partial charge on any atom is -0.369 e. The van der Waals surface area contributed by atoms with Gasteiger partial charge in [-0.15, -0.1) is 0 Å². The molecule has 1 aromatic carbocycles. The third kappa shape index (κ3) is 5.05. The molecule has 0 atom stereocenters. The maximum absolute atomic E-state index is 13.5. The third-order valence-electron chi connectivity index (χ3n) is 2.81. The minimum atomic E-state index is -0.899. The Bertz CT molecular complexity index is 492. The van der Waals surface area contributed by atoms with Gasteiger partial charge < -0.3 is 5.73 Å². The van der Waals surface area contributed by atoms with E-state index < -0.39 is 23.3 Å². The molecule has 0 bridgehead atoms. The summed E-state index contributed by atoms with van der Waals surface area (Å²) in [5.74, 6) is -2.68. The molecule has 0 aliphatic carbocycles. The number of hydrogen-bond donors (Lipinski definition) is 1. The number of carbonyl (C=O) groups excluding carboxylic acids is 2. The highest BCUT2D eigenvalue weighted by Gasteiger charge is 2.17. The largest absolute Gasteiger partial charge is 0.369 e. The summed E-state index contributed by atoms with van der Waals surface area (Å²) in [6.45, 7) is 2.32. The molecule has 1 amide bonds. The average Bonchev–Trinajstić information content (AvgIpc) is 2.35. The van der Waals surface area contributed by atoms with Crippen LogP contribution >= 0.6 is 0 Å². The predicted octanol–water partition coefficient (Wildman–Crippen LogP) is 1.73. The van der Waals surface area contributed by atoms with E-state index in [9.17, 15) is 18.4 Å². The first-order valence-corrected chi connectivity index (χ1v) is 6.43. The van der Waals surface area contributed by atoms with Gasteiger partial charge in [0, 0.05) is 6.07 Å². The van der Waals surface area contributed by atoms with E-state index in [0.717, 1.165) is 25.0 Å². The quantitative estimate of drug-likeness (QED) is 0.739. The van der Waals surface area contributed by atoms with E-state index in [4.69, 9.17) is 5.73 Å². The molecule has 0 fully saturated rings. The topological polar surface area (TPSA) is 63.4 Å². The number of ketones is 1. The molecule has 1 aromatic rings. The van der Waals surface area contributed by atoms with E-state index in [2.05, 4.69) is 0 Å². The first kappa shape index (κ1) is 16.2. The normalized spacial score (nSPS) is 10.8. The van der Waals surface area contributed by atoms with Gasteiger partial charge in [0.05, 0.1) is 18.7 Å². The van der Waals surface area contributed by atoms with Gasteiger partial charge in [-0.1, -0.05) is 13.3 Å². The fraction of sp³-hybridized carbons (Fsp3) is 0.429. The van der Waals surface area contributed by atoms with Crippen LogP contribution in [0.15, 0.2) is 18.2 Å². The molecular weight excluding hydrogens is 266 g/mol. The fourth-order valence-electron chi connectivity index (χ4n) is 1.82. The molecule has 0 unspecified atom stereocenters. The molecule has 0 aliphatic rings. The number of halogens is 2. The van der Waals surface area contributed by atoms with Crippen LogP contribution in [0.4, 0.5) is 8.78 Å². The van der Waals surface area contributed by atoms with E-state index >= 15 is 0 Å². The van der Waals surface area contributed by atoms with Gasteiger partial charge in [0.2, 0.25) is 5.91 Å². The van der Waals surface area contributed by atoms with Gasteiger partial charge in [-0.3, -0.25) is 14.5 Å². The standard InChI is InChI=1S/C14H18F2N2O2/c1-2-3-6-18(9-14(17)20)8-13(19)11-5-4-10(15)7-12(11)16/h4-5,7H,2-3,6,8-9H2,1H3,(H2,17,20). The van der Waals surface area contributed by atoms with E-state index in [1.54, 1.807) is 4.90 Å². The number of amides is 1. The van der Waals surface area contributed by atoms with Crippen LogP contribution in [0.1, 0.15) is 30.1 Å². The lowest BCUT2D eigenvalue weighted by Gasteiger charge is -2.19. The van der Waals surface area contributed by atoms with Crippen molar-refractivity contribution >= 4 is 11.7 Å². The maximum atomic E-state index is 13.5. The summed E-state index contributed by atoms with van der Waals surface area (Å²) in [6, 6.07) is 2.80. The lowest BCUT2D eigenvalue weighted by molar-refractivity contribution is -0.119. The first-order chi connectivity index (χ1) is 9.43. The SMILES string of the molecule is CCCCN(CC(N)=O)CC(=O)c1ccc(F)cc1F. The van der Waals surface area contributed by atoms with Gasteiger partial charge in [-0.25, -0.2) is 8.78 Å². The van der Waals surface area contributed by atoms with Gasteiger partial charge in [-0.2, -0.15) is 0 Å². The van der Waals surface area contributed by atoms with Crippen LogP contribution < -0.4 is 5.73 Å². The maximum Gasteiger partial charge on any atom is 0.231 e. The Morgan fingerprint density at radius 2 is 1.95 bits per heavy atom. The van der Waals surface area contributed by atoms with Crippen molar-refractivity contribution < 1.29 is 18.4 Å². The number of Topliss-reactive ketones (excluding diaryl/α,β-unsaturated/α-hetero) is 1. The molecule has 0 saturated carbocycles. The Morgan fingerprint density at radius 1 is 1.25 bits per heavy atom. The fourth-order valence-corrected chi connectivity index (χ4v) is 1.82. The van der Waals surface area contributed by atoms with Gasteiger partial charge in [0.15, 0.2) is 5.78 Å². The predicted molar refractivity (Wildman–Crippen MR) is 71.2 cm³/mol. The van der Waals surface area contributed by atoms with Gasteiger partial charge >= 0.3 is 0 Å². The molecule has 0 saturated heterocycles. The van der Waals surface area contributed by atoms with E-state index in [1.165, 1.54) is 0 Å². The Kier molecular flexibility index (Phi) is 6.24. The van der Waals surface area contributed by atoms with Crippen molar-refractivity contribution in [3.05, 3.63) is 35.4 Å². The molecular formula is C14H18F2N2O2. The Morgan fingerprint density at radius 3 is 2.50 bits per heavy atom. The highest BCUT2D eigenvalue weighted by molar-refractivity contribution is 5.98. The van der Waals surface area contributed by atoms with Crippen molar-refractivity contribution in [2.45, 2.75) is 19.8 Å². The average molecular weight is 284 g/mol. The summed E-state index contributed by atoms with van der Waals surface area (Å²) in [5.41, 5.74) is 4.93. The number of nitrogens with zero attached hydrogens (tertiary/aromatic N) is 1. The number of hydrogen-bond acceptors (Lipinski definition) is 3. The smallest absolute Gasteiger partial charge is 0.231 e. The molecule has 110 valence electrons. The summed E-state index contributed by atoms with van der Waals surface area (Å²) in [7, 11) is 0. The van der Waals surface area contributed by atoms with Crippen LogP contribution in [0, 0.1) is 11.6 Å². The molecule has 0 aromatic heterocycles. The van der Waals surface area contributed by atoms with Gasteiger partial charge in [-0.05, 0) is 25.1 Å². The lowest BCUT2D eigenvalue weighted by atomic mass is 10.1. The summed E-state index contributed by atoms with van der Waals surface area (Å²) >= 11 is 0. The zero-order chi connectivity index (χ0) is 15.1. The number of carbonyl (C=O) groups is 2. The summed E-state index contributed by atoms with van der Waals surface area (Å²) in [4.78, 5) is 24.5. The summed E-state index contributed by atoms with van der Waals surface area (Å²) < 4.78 is 26.3. The number of rotatable bonds is 8. The van der Waals surface area contributed by atoms with Crippen molar-refractivity contribution in [2.24, 2.45) is 5.73 Å². The van der Waals surface area contributed by atoms with Crippen molar-refractivity contribution in [1.29, 1.82) is 0 Å². The zero-order valence-electron chi connectivity index (χ0n) is 11.4. The van der Waals surface area contributed by atoms with Crippen molar-refractivity contribution in [3.8, 4) is 0 Å². The number of primary amides is 1. The van der Waals surface area contributed by atoms with E-state index in [0.29, 0.717) is 12.6 Å². The summed E-state index contributed by atoms with van der Waals surface area (Å²) in [6.07, 6.45) is 1.70. The molecule has 0 heterocycles. The Balaban J connectivity index is 2.75. The molecule has 6 heteroatoms. The molecule has 0 aliphatic heterocycles. The third-order valence-corrected chi connectivity index (χ3v) is 2.81. The van der Waals surface area contributed by atoms with Gasteiger partial charge in [0.25, 0.3) is 0 Å². The molecule has 0 spiro atoms. The van der Waals surface area contributed by atoms with Crippen LogP contribution in [-0.2, 0) is 4.79 Å². The lowest BCUT2D eigenvalue weighted by Crippen LogP contribution is -2.38. The molecule has 1 rings (SSSR count). The molecule has 20 heavy (non-hydrogen) atoms. The minimum absolute atomic E-state index is 0.0610. The van der Waals surface area contributed by atoms with Crippen LogP contribution in [-0.4, -0.2) is 36.2 Å². The Hall–Kier alpha value is -1.82. The van der Waals surface area contributed by atoms with Crippen LogP contribution in [0.2, 0.25) is 0 Å². The van der Waals surface area contributed by atoms with Gasteiger partial charge in [0.1, 0.15) is 11.6 Å². The highest BCUT2D eigenvalue weighted by Crippen LogP contribution is 2.11. The van der Waals surface area contributed by atoms with Crippen LogP contribution in [0.5, 0.6) is 0 Å². The Labute approximate surface area is 116 Å². The van der Waals surface area contributed by atoms with Crippen LogP contribution in [0.25, 0.3) is 0 Å². The molecule has 2 N–H and O–H groups in total. The number of nitrogens with two attached hydrogens (primary N) is 1. The number of benzene rings is 1. The summed E-state index contributed by atoms with van der Waals surface area (Å²) in [5, 5.41) is 0. The van der Waals surface area contributed by atoms with Crippen molar-refractivity contribution in [1.82, 2.24) is 4.90 Å². The van der Waals surface area contributed by atoms with Crippen LogP contribution in [0.3, 0.4) is 0 Å². The number of unbranched alkanes of at least 4 members (excludes halogenated alkanes) is 1. The van der Waals surface area contributed by atoms with Crippen molar-refractivity contribution in [3.63, 3.8) is 0 Å². The second kappa shape index (κ2) is 7.69. The van der Waals surface area contributed by atoms with E-state index in [-0.39, 0.29) is 18.7 Å². The zero-order valence-corrected chi connectivity index (χ0v) is 11.4. The second-order valence-corrected chi connectivity index (χ2v) is 4.58.